The zero-order chi connectivity index (χ0) is 13.2. The lowest BCUT2D eigenvalue weighted by atomic mass is 10.0. The van der Waals surface area contributed by atoms with Crippen molar-refractivity contribution < 1.29 is 5.11 Å². The van der Waals surface area contributed by atoms with Crippen molar-refractivity contribution in [1.82, 2.24) is 0 Å². The SMILES string of the molecule is OC(Cc1csc2ccccc12)c1ccccc1Br. The van der Waals surface area contributed by atoms with E-state index in [2.05, 4.69) is 33.4 Å². The second-order valence-corrected chi connectivity index (χ2v) is 6.26. The topological polar surface area (TPSA) is 20.2 Å². The lowest BCUT2D eigenvalue weighted by molar-refractivity contribution is 0.178. The van der Waals surface area contributed by atoms with E-state index in [1.165, 1.54) is 15.6 Å². The maximum atomic E-state index is 10.4. The van der Waals surface area contributed by atoms with Crippen LogP contribution in [0, 0.1) is 0 Å². The Labute approximate surface area is 124 Å². The number of hydrogen-bond acceptors (Lipinski definition) is 2. The van der Waals surface area contributed by atoms with Gasteiger partial charge in [-0.05, 0) is 34.0 Å². The maximum Gasteiger partial charge on any atom is 0.0841 e. The molecule has 0 aliphatic heterocycles. The predicted octanol–water partition coefficient (Wildman–Crippen LogP) is 4.94. The van der Waals surface area contributed by atoms with Gasteiger partial charge in [-0.1, -0.05) is 52.3 Å². The Balaban J connectivity index is 1.91. The Hall–Kier alpha value is -1.16. The van der Waals surface area contributed by atoms with Gasteiger partial charge in [0, 0.05) is 15.6 Å². The number of thiophene rings is 1. The van der Waals surface area contributed by atoms with Gasteiger partial charge in [0.15, 0.2) is 0 Å². The molecule has 0 amide bonds. The molecule has 1 aromatic heterocycles. The number of rotatable bonds is 3. The molecule has 0 saturated carbocycles. The summed E-state index contributed by atoms with van der Waals surface area (Å²) in [4.78, 5) is 0. The third kappa shape index (κ3) is 2.59. The molecule has 0 aliphatic rings. The molecule has 19 heavy (non-hydrogen) atoms. The van der Waals surface area contributed by atoms with E-state index in [1.807, 2.05) is 36.4 Å². The summed E-state index contributed by atoms with van der Waals surface area (Å²) in [5.41, 5.74) is 2.15. The van der Waals surface area contributed by atoms with Crippen LogP contribution in [-0.2, 0) is 6.42 Å². The molecule has 2 aromatic carbocycles. The highest BCUT2D eigenvalue weighted by Crippen LogP contribution is 2.31. The zero-order valence-electron chi connectivity index (χ0n) is 10.2. The van der Waals surface area contributed by atoms with Crippen molar-refractivity contribution in [2.24, 2.45) is 0 Å². The molecule has 0 spiro atoms. The number of aliphatic hydroxyl groups excluding tert-OH is 1. The van der Waals surface area contributed by atoms with Gasteiger partial charge in [-0.25, -0.2) is 0 Å². The average Bonchev–Trinajstić information content (AvgIpc) is 2.83. The Morgan fingerprint density at radius 2 is 1.79 bits per heavy atom. The molecule has 0 aliphatic carbocycles. The fraction of sp³-hybridized carbons (Fsp3) is 0.125. The summed E-state index contributed by atoms with van der Waals surface area (Å²) in [6.45, 7) is 0. The fourth-order valence-electron chi connectivity index (χ4n) is 2.25. The summed E-state index contributed by atoms with van der Waals surface area (Å²) in [6, 6.07) is 16.2. The highest BCUT2D eigenvalue weighted by Gasteiger charge is 2.13. The number of halogens is 1. The Bertz CT molecular complexity index is 705. The standard InChI is InChI=1S/C16H13BrOS/c17-14-7-3-1-6-13(14)15(18)9-11-10-19-16-8-4-2-5-12(11)16/h1-8,10,15,18H,9H2. The molecule has 3 aromatic rings. The first-order valence-electron chi connectivity index (χ1n) is 6.13. The van der Waals surface area contributed by atoms with Crippen molar-refractivity contribution >= 4 is 37.4 Å². The van der Waals surface area contributed by atoms with Gasteiger partial charge in [-0.3, -0.25) is 0 Å². The minimum atomic E-state index is -0.478. The molecule has 1 N–H and O–H groups in total. The second-order valence-electron chi connectivity index (χ2n) is 4.50. The van der Waals surface area contributed by atoms with Gasteiger partial charge in [0.25, 0.3) is 0 Å². The monoisotopic (exact) mass is 332 g/mol. The van der Waals surface area contributed by atoms with Crippen molar-refractivity contribution in [1.29, 1.82) is 0 Å². The van der Waals surface area contributed by atoms with Crippen LogP contribution in [0.2, 0.25) is 0 Å². The summed E-state index contributed by atoms with van der Waals surface area (Å²) in [7, 11) is 0. The first kappa shape index (κ1) is 12.9. The van der Waals surface area contributed by atoms with Crippen LogP contribution in [0.3, 0.4) is 0 Å². The average molecular weight is 333 g/mol. The van der Waals surface area contributed by atoms with Gasteiger partial charge in [0.2, 0.25) is 0 Å². The van der Waals surface area contributed by atoms with Crippen molar-refractivity contribution in [2.45, 2.75) is 12.5 Å². The number of benzene rings is 2. The van der Waals surface area contributed by atoms with Crippen LogP contribution in [0.5, 0.6) is 0 Å². The van der Waals surface area contributed by atoms with Crippen molar-refractivity contribution in [3.63, 3.8) is 0 Å². The maximum absolute atomic E-state index is 10.4. The van der Waals surface area contributed by atoms with Crippen LogP contribution < -0.4 is 0 Å². The minimum absolute atomic E-state index is 0.478. The highest BCUT2D eigenvalue weighted by atomic mass is 79.9. The van der Waals surface area contributed by atoms with Gasteiger partial charge in [0.05, 0.1) is 6.10 Å². The van der Waals surface area contributed by atoms with Gasteiger partial charge in [-0.15, -0.1) is 11.3 Å². The van der Waals surface area contributed by atoms with Gasteiger partial charge >= 0.3 is 0 Å². The van der Waals surface area contributed by atoms with Crippen LogP contribution >= 0.6 is 27.3 Å². The van der Waals surface area contributed by atoms with Crippen LogP contribution in [-0.4, -0.2) is 5.11 Å². The summed E-state index contributed by atoms with van der Waals surface area (Å²) in [6.07, 6.45) is 0.167. The molecule has 0 saturated heterocycles. The van der Waals surface area contributed by atoms with Crippen LogP contribution in [0.15, 0.2) is 58.4 Å². The summed E-state index contributed by atoms with van der Waals surface area (Å²) in [5.74, 6) is 0. The normalized spacial score (nSPS) is 12.7. The van der Waals surface area contributed by atoms with E-state index in [0.717, 1.165) is 10.0 Å². The molecule has 96 valence electrons. The molecular formula is C16H13BrOS. The van der Waals surface area contributed by atoms with E-state index in [9.17, 15) is 5.11 Å². The summed E-state index contributed by atoms with van der Waals surface area (Å²) < 4.78 is 2.24. The highest BCUT2D eigenvalue weighted by molar-refractivity contribution is 9.10. The predicted molar refractivity (Wildman–Crippen MR) is 84.6 cm³/mol. The van der Waals surface area contributed by atoms with E-state index in [0.29, 0.717) is 6.42 Å². The Morgan fingerprint density at radius 3 is 2.63 bits per heavy atom. The molecule has 1 heterocycles. The van der Waals surface area contributed by atoms with Crippen molar-refractivity contribution in [3.05, 3.63) is 69.5 Å². The molecule has 3 heteroatoms. The molecule has 1 atom stereocenters. The van der Waals surface area contributed by atoms with Crippen LogP contribution in [0.4, 0.5) is 0 Å². The smallest absolute Gasteiger partial charge is 0.0841 e. The number of hydrogen-bond donors (Lipinski definition) is 1. The molecule has 0 bridgehead atoms. The molecule has 0 fully saturated rings. The molecule has 3 rings (SSSR count). The van der Waals surface area contributed by atoms with Gasteiger partial charge in [0.1, 0.15) is 0 Å². The quantitative estimate of drug-likeness (QED) is 0.720. The minimum Gasteiger partial charge on any atom is -0.388 e. The van der Waals surface area contributed by atoms with Crippen molar-refractivity contribution in [2.75, 3.05) is 0 Å². The van der Waals surface area contributed by atoms with E-state index < -0.39 is 6.10 Å². The molecule has 1 nitrogen and oxygen atoms in total. The number of aliphatic hydroxyl groups is 1. The summed E-state index contributed by atoms with van der Waals surface area (Å²) in [5, 5.41) is 13.8. The number of fused-ring (bicyclic) bond motifs is 1. The third-order valence-corrected chi connectivity index (χ3v) is 4.97. The first-order valence-corrected chi connectivity index (χ1v) is 7.80. The van der Waals surface area contributed by atoms with Crippen LogP contribution in [0.1, 0.15) is 17.2 Å². The summed E-state index contributed by atoms with van der Waals surface area (Å²) >= 11 is 5.23. The van der Waals surface area contributed by atoms with Crippen molar-refractivity contribution in [3.8, 4) is 0 Å². The third-order valence-electron chi connectivity index (χ3n) is 3.24. The zero-order valence-corrected chi connectivity index (χ0v) is 12.6. The lowest BCUT2D eigenvalue weighted by Crippen LogP contribution is -2.02. The first-order chi connectivity index (χ1) is 9.25. The van der Waals surface area contributed by atoms with E-state index in [-0.39, 0.29) is 0 Å². The molecular weight excluding hydrogens is 320 g/mol. The Morgan fingerprint density at radius 1 is 1.05 bits per heavy atom. The lowest BCUT2D eigenvalue weighted by Gasteiger charge is -2.12. The van der Waals surface area contributed by atoms with E-state index in [1.54, 1.807) is 11.3 Å². The van der Waals surface area contributed by atoms with Gasteiger partial charge < -0.3 is 5.11 Å². The molecule has 0 radical (unpaired) electrons. The van der Waals surface area contributed by atoms with Crippen LogP contribution in [0.25, 0.3) is 10.1 Å². The van der Waals surface area contributed by atoms with E-state index >= 15 is 0 Å². The van der Waals surface area contributed by atoms with Gasteiger partial charge in [-0.2, -0.15) is 0 Å². The van der Waals surface area contributed by atoms with E-state index in [4.69, 9.17) is 0 Å². The largest absolute Gasteiger partial charge is 0.388 e. The Kier molecular flexibility index (Phi) is 3.69. The second kappa shape index (κ2) is 5.45. The molecule has 1 unspecified atom stereocenters. The fourth-order valence-corrected chi connectivity index (χ4v) is 3.78.